The number of halogens is 1. The highest BCUT2D eigenvalue weighted by Crippen LogP contribution is 2.34. The van der Waals surface area contributed by atoms with Gasteiger partial charge in [-0.05, 0) is 12.5 Å². The number of carboxylic acid groups (broad SMARTS) is 1. The maximum Gasteiger partial charge on any atom is 0.341 e. The largest absolute Gasteiger partial charge is 0.481 e. The first kappa shape index (κ1) is 15.9. The van der Waals surface area contributed by atoms with Crippen molar-refractivity contribution in [1.29, 1.82) is 0 Å². The number of ether oxygens (including phenoxy) is 1. The number of rotatable bonds is 4. The van der Waals surface area contributed by atoms with E-state index in [1.807, 2.05) is 0 Å². The van der Waals surface area contributed by atoms with Gasteiger partial charge in [-0.25, -0.2) is 9.18 Å². The lowest BCUT2D eigenvalue weighted by Crippen LogP contribution is -2.52. The molecule has 0 radical (unpaired) electrons. The first-order valence-electron chi connectivity index (χ1n) is 7.18. The van der Waals surface area contributed by atoms with Crippen LogP contribution in [0.1, 0.15) is 28.8 Å². The lowest BCUT2D eigenvalue weighted by Gasteiger charge is -2.29. The second-order valence-electron chi connectivity index (χ2n) is 5.51. The van der Waals surface area contributed by atoms with Gasteiger partial charge in [-0.3, -0.25) is 19.7 Å². The van der Waals surface area contributed by atoms with Crippen LogP contribution in [-0.4, -0.2) is 46.3 Å². The molecule has 0 saturated carbocycles. The second kappa shape index (κ2) is 5.91. The van der Waals surface area contributed by atoms with Gasteiger partial charge >= 0.3 is 5.97 Å². The topological polar surface area (TPSA) is 113 Å². The zero-order chi connectivity index (χ0) is 17.4. The van der Waals surface area contributed by atoms with Gasteiger partial charge in [0.15, 0.2) is 6.61 Å². The molecule has 1 atom stereocenters. The van der Waals surface area contributed by atoms with Crippen LogP contribution in [0.3, 0.4) is 0 Å². The van der Waals surface area contributed by atoms with Gasteiger partial charge in [0.05, 0.1) is 12.1 Å². The molecule has 1 aromatic carbocycles. The summed E-state index contributed by atoms with van der Waals surface area (Å²) in [5.41, 5.74) is 0.354. The molecule has 0 aromatic heterocycles. The van der Waals surface area contributed by atoms with Gasteiger partial charge in [0, 0.05) is 18.1 Å². The highest BCUT2D eigenvalue weighted by molar-refractivity contribution is 6.05. The number of hydrogen-bond acceptors (Lipinski definition) is 5. The van der Waals surface area contributed by atoms with Crippen molar-refractivity contribution in [2.24, 2.45) is 0 Å². The van der Waals surface area contributed by atoms with Gasteiger partial charge in [0.25, 0.3) is 5.91 Å². The van der Waals surface area contributed by atoms with E-state index in [2.05, 4.69) is 5.32 Å². The van der Waals surface area contributed by atoms with E-state index in [1.54, 1.807) is 0 Å². The molecule has 24 heavy (non-hydrogen) atoms. The number of nitrogens with one attached hydrogen (secondary N) is 1. The Hall–Kier alpha value is -2.97. The minimum atomic E-state index is -1.24. The molecule has 1 fully saturated rings. The molecule has 1 aromatic rings. The van der Waals surface area contributed by atoms with Gasteiger partial charge < -0.3 is 14.7 Å². The summed E-state index contributed by atoms with van der Waals surface area (Å²) >= 11 is 0. The third-order valence-corrected chi connectivity index (χ3v) is 3.93. The van der Waals surface area contributed by atoms with E-state index in [0.717, 1.165) is 12.1 Å². The Kier molecular flexibility index (Phi) is 3.92. The average Bonchev–Trinajstić information content (AvgIpc) is 2.82. The predicted octanol–water partition coefficient (Wildman–Crippen LogP) is 0.0501. The molecule has 0 aliphatic carbocycles. The molecule has 9 heteroatoms. The molecule has 3 rings (SSSR count). The molecule has 0 spiro atoms. The van der Waals surface area contributed by atoms with Crippen LogP contribution >= 0.6 is 0 Å². The summed E-state index contributed by atoms with van der Waals surface area (Å²) < 4.78 is 18.7. The van der Waals surface area contributed by atoms with Gasteiger partial charge in [-0.2, -0.15) is 0 Å². The van der Waals surface area contributed by atoms with Gasteiger partial charge in [0.1, 0.15) is 17.6 Å². The fraction of sp³-hybridized carbons (Fsp3) is 0.333. The number of aliphatic carboxylic acids is 1. The van der Waals surface area contributed by atoms with Crippen LogP contribution in [0.5, 0.6) is 5.75 Å². The SMILES string of the molecule is O=C(O)COc1cc(F)cc2c1CN(C1CCC(=O)NC1=O)C2=O. The van der Waals surface area contributed by atoms with Crippen molar-refractivity contribution in [1.82, 2.24) is 10.2 Å². The number of amides is 3. The lowest BCUT2D eigenvalue weighted by molar-refractivity contribution is -0.139. The molecule has 2 aliphatic rings. The van der Waals surface area contributed by atoms with Crippen molar-refractivity contribution in [3.8, 4) is 5.75 Å². The molecule has 0 bridgehead atoms. The third-order valence-electron chi connectivity index (χ3n) is 3.93. The standard InChI is InChI=1S/C15H13FN2O6/c16-7-3-8-9(11(4-7)24-6-13(20)21)5-18(15(8)23)10-1-2-12(19)17-14(10)22/h3-4,10H,1-2,5-6H2,(H,20,21)(H,17,19,22). The maximum atomic E-state index is 13.7. The normalized spacial score (nSPS) is 20.0. The van der Waals surface area contributed by atoms with Crippen molar-refractivity contribution in [3.05, 3.63) is 29.1 Å². The second-order valence-corrected chi connectivity index (χ2v) is 5.51. The molecule has 1 saturated heterocycles. The summed E-state index contributed by atoms with van der Waals surface area (Å²) in [6.45, 7) is -0.696. The summed E-state index contributed by atoms with van der Waals surface area (Å²) in [6.07, 6.45) is 0.283. The number of carbonyl (C=O) groups is 4. The Balaban J connectivity index is 1.89. The summed E-state index contributed by atoms with van der Waals surface area (Å²) in [5, 5.41) is 10.8. The number of carboxylic acids is 1. The summed E-state index contributed by atoms with van der Waals surface area (Å²) in [7, 11) is 0. The van der Waals surface area contributed by atoms with Crippen molar-refractivity contribution < 1.29 is 33.4 Å². The van der Waals surface area contributed by atoms with Gasteiger partial charge in [-0.15, -0.1) is 0 Å². The molecular formula is C15H13FN2O6. The van der Waals surface area contributed by atoms with Crippen molar-refractivity contribution >= 4 is 23.7 Å². The van der Waals surface area contributed by atoms with E-state index < -0.39 is 42.2 Å². The molecule has 2 aliphatic heterocycles. The van der Waals surface area contributed by atoms with E-state index in [9.17, 15) is 23.6 Å². The Morgan fingerprint density at radius 1 is 1.38 bits per heavy atom. The van der Waals surface area contributed by atoms with Crippen LogP contribution in [0.15, 0.2) is 12.1 Å². The predicted molar refractivity (Wildman–Crippen MR) is 75.6 cm³/mol. The Morgan fingerprint density at radius 2 is 2.12 bits per heavy atom. The average molecular weight is 336 g/mol. The van der Waals surface area contributed by atoms with Crippen LogP contribution in [0.4, 0.5) is 4.39 Å². The number of carbonyl (C=O) groups excluding carboxylic acids is 3. The van der Waals surface area contributed by atoms with E-state index in [-0.39, 0.29) is 30.7 Å². The lowest BCUT2D eigenvalue weighted by atomic mass is 10.0. The first-order chi connectivity index (χ1) is 11.4. The number of fused-ring (bicyclic) bond motifs is 1. The van der Waals surface area contributed by atoms with Crippen molar-refractivity contribution in [3.63, 3.8) is 0 Å². The number of imide groups is 1. The van der Waals surface area contributed by atoms with Crippen LogP contribution < -0.4 is 10.1 Å². The van der Waals surface area contributed by atoms with Crippen LogP contribution in [0, 0.1) is 5.82 Å². The van der Waals surface area contributed by atoms with Crippen LogP contribution in [0.2, 0.25) is 0 Å². The minimum Gasteiger partial charge on any atom is -0.481 e. The van der Waals surface area contributed by atoms with Crippen molar-refractivity contribution in [2.75, 3.05) is 6.61 Å². The van der Waals surface area contributed by atoms with Gasteiger partial charge in [0.2, 0.25) is 11.8 Å². The number of benzene rings is 1. The number of piperidine rings is 1. The zero-order valence-electron chi connectivity index (χ0n) is 12.4. The van der Waals surface area contributed by atoms with Crippen molar-refractivity contribution in [2.45, 2.75) is 25.4 Å². The monoisotopic (exact) mass is 336 g/mol. The van der Waals surface area contributed by atoms with Gasteiger partial charge in [-0.1, -0.05) is 0 Å². The Labute approximate surface area is 135 Å². The fourth-order valence-corrected chi connectivity index (χ4v) is 2.86. The summed E-state index contributed by atoms with van der Waals surface area (Å²) in [5.74, 6) is -3.57. The summed E-state index contributed by atoms with van der Waals surface area (Å²) in [6, 6.07) is 1.19. The first-order valence-corrected chi connectivity index (χ1v) is 7.18. The van der Waals surface area contributed by atoms with Crippen LogP contribution in [-0.2, 0) is 20.9 Å². The van der Waals surface area contributed by atoms with Crippen LogP contribution in [0.25, 0.3) is 0 Å². The molecule has 8 nitrogen and oxygen atoms in total. The van der Waals surface area contributed by atoms with E-state index in [1.165, 1.54) is 4.90 Å². The minimum absolute atomic E-state index is 0.0182. The third kappa shape index (κ3) is 2.80. The number of hydrogen-bond donors (Lipinski definition) is 2. The maximum absolute atomic E-state index is 13.7. The Morgan fingerprint density at radius 3 is 2.79 bits per heavy atom. The summed E-state index contributed by atoms with van der Waals surface area (Å²) in [4.78, 5) is 47.5. The molecule has 3 amide bonds. The highest BCUT2D eigenvalue weighted by atomic mass is 19.1. The smallest absolute Gasteiger partial charge is 0.341 e. The van der Waals surface area contributed by atoms with E-state index in [4.69, 9.17) is 9.84 Å². The quantitative estimate of drug-likeness (QED) is 0.751. The molecular weight excluding hydrogens is 323 g/mol. The molecule has 1 unspecified atom stereocenters. The Bertz CT molecular complexity index is 763. The zero-order valence-corrected chi connectivity index (χ0v) is 12.4. The molecule has 126 valence electrons. The van der Waals surface area contributed by atoms with E-state index >= 15 is 0 Å². The highest BCUT2D eigenvalue weighted by Gasteiger charge is 2.40. The fourth-order valence-electron chi connectivity index (χ4n) is 2.86. The molecule has 2 N–H and O–H groups in total. The molecule has 2 heterocycles. The number of nitrogens with zero attached hydrogens (tertiary/aromatic N) is 1. The van der Waals surface area contributed by atoms with E-state index in [0.29, 0.717) is 5.56 Å².